The summed E-state index contributed by atoms with van der Waals surface area (Å²) < 4.78 is 26.4. The predicted octanol–water partition coefficient (Wildman–Crippen LogP) is 7.68. The summed E-state index contributed by atoms with van der Waals surface area (Å²) in [4.78, 5) is 0.905. The van der Waals surface area contributed by atoms with Gasteiger partial charge in [0.15, 0.2) is 5.06 Å². The molecule has 0 spiro atoms. The minimum atomic E-state index is -0.185. The molecule has 2 nitrogen and oxygen atoms in total. The third kappa shape index (κ3) is 4.86. The average Bonchev–Trinajstić information content (AvgIpc) is 3.51. The molecule has 0 radical (unpaired) electrons. The van der Waals surface area contributed by atoms with Crippen LogP contribution in [0, 0.1) is 11.7 Å². The van der Waals surface area contributed by atoms with Gasteiger partial charge in [0.05, 0.1) is 6.61 Å². The maximum Gasteiger partial charge on any atom is 0.174 e. The molecule has 1 saturated heterocycles. The third-order valence-electron chi connectivity index (χ3n) is 6.69. The van der Waals surface area contributed by atoms with Crippen LogP contribution in [0.3, 0.4) is 0 Å². The van der Waals surface area contributed by atoms with E-state index >= 15 is 0 Å². The molecular formula is C27H29FO2S. The lowest BCUT2D eigenvalue weighted by Crippen LogP contribution is -2.21. The Morgan fingerprint density at radius 2 is 1.61 bits per heavy atom. The molecule has 1 aliphatic heterocycles. The van der Waals surface area contributed by atoms with Crippen LogP contribution in [-0.2, 0) is 4.74 Å². The molecule has 1 saturated carbocycles. The van der Waals surface area contributed by atoms with Gasteiger partial charge in [0.2, 0.25) is 0 Å². The average molecular weight is 437 g/mol. The monoisotopic (exact) mass is 436 g/mol. The smallest absolute Gasteiger partial charge is 0.174 e. The highest BCUT2D eigenvalue weighted by Crippen LogP contribution is 2.37. The molecule has 0 amide bonds. The molecule has 1 aromatic heterocycles. The zero-order valence-corrected chi connectivity index (χ0v) is 18.6. The molecule has 5 rings (SSSR count). The van der Waals surface area contributed by atoms with Gasteiger partial charge in [-0.1, -0.05) is 54.5 Å². The van der Waals surface area contributed by atoms with Gasteiger partial charge in [0.1, 0.15) is 5.82 Å². The normalized spacial score (nSPS) is 17.8. The molecular weight excluding hydrogens is 407 g/mol. The maximum absolute atomic E-state index is 15.0. The van der Waals surface area contributed by atoms with Gasteiger partial charge in [-0.25, -0.2) is 4.39 Å². The number of rotatable bonds is 6. The van der Waals surface area contributed by atoms with E-state index in [1.54, 1.807) is 6.07 Å². The zero-order chi connectivity index (χ0) is 21.0. The Labute approximate surface area is 188 Å². The summed E-state index contributed by atoms with van der Waals surface area (Å²) in [6, 6.07) is 18.2. The first-order valence-corrected chi connectivity index (χ1v) is 12.3. The van der Waals surface area contributed by atoms with Gasteiger partial charge in [-0.05, 0) is 78.5 Å². The van der Waals surface area contributed by atoms with Crippen LogP contribution < -0.4 is 4.74 Å². The van der Waals surface area contributed by atoms with Crippen LogP contribution in [0.4, 0.5) is 4.39 Å². The van der Waals surface area contributed by atoms with E-state index < -0.39 is 0 Å². The lowest BCUT2D eigenvalue weighted by molar-refractivity contribution is 0.0503. The van der Waals surface area contributed by atoms with Crippen molar-refractivity contribution in [1.29, 1.82) is 0 Å². The Hall–Kier alpha value is -2.17. The number of benzene rings is 2. The second-order valence-electron chi connectivity index (χ2n) is 8.78. The van der Waals surface area contributed by atoms with Gasteiger partial charge in [-0.3, -0.25) is 0 Å². The van der Waals surface area contributed by atoms with Crippen molar-refractivity contribution in [3.63, 3.8) is 0 Å². The Bertz CT molecular complexity index is 998. The largest absolute Gasteiger partial charge is 0.484 e. The fourth-order valence-corrected chi connectivity index (χ4v) is 5.65. The summed E-state index contributed by atoms with van der Waals surface area (Å²) in [6.07, 6.45) is 7.37. The minimum absolute atomic E-state index is 0.185. The Kier molecular flexibility index (Phi) is 6.37. The molecule has 4 heteroatoms. The van der Waals surface area contributed by atoms with Crippen LogP contribution in [-0.4, -0.2) is 19.8 Å². The number of ether oxygens (including phenoxy) is 2. The van der Waals surface area contributed by atoms with Crippen molar-refractivity contribution in [2.75, 3.05) is 19.8 Å². The fourth-order valence-electron chi connectivity index (χ4n) is 4.76. The summed E-state index contributed by atoms with van der Waals surface area (Å²) in [5.41, 5.74) is 4.05. The van der Waals surface area contributed by atoms with E-state index in [0.29, 0.717) is 24.0 Å². The van der Waals surface area contributed by atoms with Crippen molar-refractivity contribution in [2.45, 2.75) is 44.4 Å². The van der Waals surface area contributed by atoms with Crippen LogP contribution in [0.5, 0.6) is 5.06 Å². The lowest BCUT2D eigenvalue weighted by atomic mass is 9.95. The quantitative estimate of drug-likeness (QED) is 0.394. The first kappa shape index (κ1) is 20.7. The van der Waals surface area contributed by atoms with E-state index in [1.807, 2.05) is 24.3 Å². The second-order valence-corrected chi connectivity index (χ2v) is 9.83. The maximum atomic E-state index is 15.0. The van der Waals surface area contributed by atoms with E-state index in [-0.39, 0.29) is 5.82 Å². The highest BCUT2D eigenvalue weighted by Gasteiger charge is 2.18. The standard InChI is InChI=1S/C27H29FO2S/c28-25-17-23(22-7-5-21(6-8-22)20-3-1-2-4-20)9-10-24(25)26-11-12-27(31-26)30-18-19-13-15-29-16-14-19/h5-12,17,19-20H,1-4,13-16,18H2. The Morgan fingerprint density at radius 3 is 2.35 bits per heavy atom. The van der Waals surface area contributed by atoms with Gasteiger partial charge < -0.3 is 9.47 Å². The van der Waals surface area contributed by atoms with E-state index in [4.69, 9.17) is 9.47 Å². The third-order valence-corrected chi connectivity index (χ3v) is 7.72. The summed E-state index contributed by atoms with van der Waals surface area (Å²) in [5.74, 6) is 1.07. The lowest BCUT2D eigenvalue weighted by Gasteiger charge is -2.21. The fraction of sp³-hybridized carbons (Fsp3) is 0.407. The SMILES string of the molecule is Fc1cc(-c2ccc(C3CCCC3)cc2)ccc1-c1ccc(OCC2CCOCC2)s1. The molecule has 31 heavy (non-hydrogen) atoms. The summed E-state index contributed by atoms with van der Waals surface area (Å²) in [6.45, 7) is 2.36. The van der Waals surface area contributed by atoms with Gasteiger partial charge in [-0.15, -0.1) is 0 Å². The number of hydrogen-bond donors (Lipinski definition) is 0. The van der Waals surface area contributed by atoms with Crippen molar-refractivity contribution in [3.05, 3.63) is 66.0 Å². The van der Waals surface area contributed by atoms with Gasteiger partial charge in [0, 0.05) is 23.7 Å². The molecule has 162 valence electrons. The van der Waals surface area contributed by atoms with Gasteiger partial charge in [0.25, 0.3) is 0 Å². The first-order valence-electron chi connectivity index (χ1n) is 11.5. The number of halogens is 1. The zero-order valence-electron chi connectivity index (χ0n) is 17.8. The van der Waals surface area contributed by atoms with E-state index in [0.717, 1.165) is 47.1 Å². The molecule has 2 aromatic carbocycles. The predicted molar refractivity (Wildman–Crippen MR) is 125 cm³/mol. The minimum Gasteiger partial charge on any atom is -0.484 e. The highest BCUT2D eigenvalue weighted by atomic mass is 32.1. The van der Waals surface area contributed by atoms with Gasteiger partial charge in [-0.2, -0.15) is 0 Å². The molecule has 2 fully saturated rings. The molecule has 2 heterocycles. The second kappa shape index (κ2) is 9.54. The van der Waals surface area contributed by atoms with Crippen LogP contribution in [0.2, 0.25) is 0 Å². The van der Waals surface area contributed by atoms with Crippen molar-refractivity contribution in [1.82, 2.24) is 0 Å². The van der Waals surface area contributed by atoms with Crippen LogP contribution in [0.1, 0.15) is 50.0 Å². The first-order chi connectivity index (χ1) is 15.3. The van der Waals surface area contributed by atoms with E-state index in [9.17, 15) is 4.39 Å². The molecule has 0 N–H and O–H groups in total. The summed E-state index contributed by atoms with van der Waals surface area (Å²) in [5, 5.41) is 0.854. The van der Waals surface area contributed by atoms with Crippen molar-refractivity contribution in [2.24, 2.45) is 5.92 Å². The Morgan fingerprint density at radius 1 is 0.871 bits per heavy atom. The topological polar surface area (TPSA) is 18.5 Å². The van der Waals surface area contributed by atoms with Crippen molar-refractivity contribution >= 4 is 11.3 Å². The van der Waals surface area contributed by atoms with Crippen molar-refractivity contribution < 1.29 is 13.9 Å². The summed E-state index contributed by atoms with van der Waals surface area (Å²) in [7, 11) is 0. The summed E-state index contributed by atoms with van der Waals surface area (Å²) >= 11 is 1.51. The number of hydrogen-bond acceptors (Lipinski definition) is 3. The molecule has 2 aliphatic rings. The van der Waals surface area contributed by atoms with E-state index in [2.05, 4.69) is 24.3 Å². The molecule has 0 atom stereocenters. The number of thiophene rings is 1. The van der Waals surface area contributed by atoms with Crippen molar-refractivity contribution in [3.8, 4) is 26.6 Å². The molecule has 0 bridgehead atoms. The van der Waals surface area contributed by atoms with Crippen LogP contribution >= 0.6 is 11.3 Å². The molecule has 3 aromatic rings. The van der Waals surface area contributed by atoms with Crippen LogP contribution in [0.25, 0.3) is 21.6 Å². The highest BCUT2D eigenvalue weighted by molar-refractivity contribution is 7.17. The van der Waals surface area contributed by atoms with Crippen LogP contribution in [0.15, 0.2) is 54.6 Å². The Balaban J connectivity index is 1.26. The van der Waals surface area contributed by atoms with Gasteiger partial charge >= 0.3 is 0 Å². The van der Waals surface area contributed by atoms with E-state index in [1.165, 1.54) is 42.6 Å². The molecule has 0 unspecified atom stereocenters. The molecule has 1 aliphatic carbocycles.